The van der Waals surface area contributed by atoms with Crippen LogP contribution in [0.1, 0.15) is 71.1 Å². The van der Waals surface area contributed by atoms with E-state index in [1.807, 2.05) is 0 Å². The fraction of sp³-hybridized carbons (Fsp3) is 1.00. The van der Waals surface area contributed by atoms with Crippen molar-refractivity contribution in [3.63, 3.8) is 0 Å². The summed E-state index contributed by atoms with van der Waals surface area (Å²) in [5.41, 5.74) is 0. The molecule has 0 aromatic carbocycles. The molecule has 2 unspecified atom stereocenters. The lowest BCUT2D eigenvalue weighted by Crippen LogP contribution is -1.87. The molecule has 96 valence electrons. The minimum Gasteiger partial charge on any atom is -0.390 e. The van der Waals surface area contributed by atoms with Gasteiger partial charge in [-0.05, 0) is 6.42 Å². The molecule has 0 spiro atoms. The topological polar surface area (TPSA) is 40.5 Å². The summed E-state index contributed by atoms with van der Waals surface area (Å²) in [7, 11) is 0. The molecule has 0 amide bonds. The van der Waals surface area contributed by atoms with Crippen LogP contribution >= 0.6 is 0 Å². The van der Waals surface area contributed by atoms with Gasteiger partial charge in [0.1, 0.15) is 0 Å². The SMILES string of the molecule is CCCCCCCCCCCC1C(O)C1O. The molecule has 0 aliphatic heterocycles. The molecule has 0 aromatic heterocycles. The van der Waals surface area contributed by atoms with Crippen molar-refractivity contribution < 1.29 is 10.2 Å². The fourth-order valence-corrected chi connectivity index (χ4v) is 2.37. The first-order valence-electron chi connectivity index (χ1n) is 7.13. The second-order valence-electron chi connectivity index (χ2n) is 5.26. The Labute approximate surface area is 100 Å². The molecule has 1 fully saturated rings. The van der Waals surface area contributed by atoms with E-state index < -0.39 is 12.2 Å². The average Bonchev–Trinajstić information content (AvgIpc) is 2.85. The zero-order valence-corrected chi connectivity index (χ0v) is 10.7. The molecule has 2 heteroatoms. The van der Waals surface area contributed by atoms with E-state index in [0.717, 1.165) is 6.42 Å². The van der Waals surface area contributed by atoms with Crippen molar-refractivity contribution in [1.82, 2.24) is 0 Å². The van der Waals surface area contributed by atoms with E-state index in [1.165, 1.54) is 57.8 Å². The van der Waals surface area contributed by atoms with Crippen LogP contribution in [0.15, 0.2) is 0 Å². The predicted molar refractivity (Wildman–Crippen MR) is 67.3 cm³/mol. The molecule has 16 heavy (non-hydrogen) atoms. The van der Waals surface area contributed by atoms with Crippen molar-refractivity contribution in [3.8, 4) is 0 Å². The lowest BCUT2D eigenvalue weighted by Gasteiger charge is -2.01. The smallest absolute Gasteiger partial charge is 0.0856 e. The quantitative estimate of drug-likeness (QED) is 0.563. The largest absolute Gasteiger partial charge is 0.390 e. The maximum Gasteiger partial charge on any atom is 0.0856 e. The summed E-state index contributed by atoms with van der Waals surface area (Å²) in [6.07, 6.45) is 12.2. The third kappa shape index (κ3) is 5.31. The van der Waals surface area contributed by atoms with Gasteiger partial charge in [-0.25, -0.2) is 0 Å². The first kappa shape index (κ1) is 14.0. The normalized spacial score (nSPS) is 28.3. The van der Waals surface area contributed by atoms with Gasteiger partial charge in [0.05, 0.1) is 12.2 Å². The van der Waals surface area contributed by atoms with Crippen molar-refractivity contribution in [2.75, 3.05) is 0 Å². The van der Waals surface area contributed by atoms with Gasteiger partial charge in [-0.15, -0.1) is 0 Å². The summed E-state index contributed by atoms with van der Waals surface area (Å²) >= 11 is 0. The molecular weight excluding hydrogens is 200 g/mol. The van der Waals surface area contributed by atoms with Crippen LogP contribution in [-0.4, -0.2) is 22.4 Å². The Balaban J connectivity index is 1.72. The van der Waals surface area contributed by atoms with Crippen LogP contribution in [0.5, 0.6) is 0 Å². The highest BCUT2D eigenvalue weighted by Crippen LogP contribution is 2.35. The van der Waals surface area contributed by atoms with Crippen LogP contribution in [0, 0.1) is 5.92 Å². The van der Waals surface area contributed by atoms with Crippen molar-refractivity contribution >= 4 is 0 Å². The molecule has 0 saturated heterocycles. The average molecular weight is 228 g/mol. The monoisotopic (exact) mass is 228 g/mol. The van der Waals surface area contributed by atoms with Crippen molar-refractivity contribution in [2.24, 2.45) is 5.92 Å². The summed E-state index contributed by atoms with van der Waals surface area (Å²) in [4.78, 5) is 0. The summed E-state index contributed by atoms with van der Waals surface area (Å²) in [5, 5.41) is 18.3. The summed E-state index contributed by atoms with van der Waals surface area (Å²) < 4.78 is 0. The number of unbranched alkanes of at least 4 members (excludes halogenated alkanes) is 8. The standard InChI is InChI=1S/C14H28O2/c1-2-3-4-5-6-7-8-9-10-11-12-13(15)14(12)16/h12-16H,2-11H2,1H3. The molecule has 0 aromatic rings. The Hall–Kier alpha value is -0.0800. The van der Waals surface area contributed by atoms with Crippen molar-refractivity contribution in [3.05, 3.63) is 0 Å². The van der Waals surface area contributed by atoms with Gasteiger partial charge in [-0.2, -0.15) is 0 Å². The van der Waals surface area contributed by atoms with E-state index in [2.05, 4.69) is 6.92 Å². The maximum absolute atomic E-state index is 9.17. The number of aliphatic hydroxyl groups is 2. The third-order valence-electron chi connectivity index (χ3n) is 3.73. The molecule has 0 radical (unpaired) electrons. The highest BCUT2D eigenvalue weighted by Gasteiger charge is 2.47. The lowest BCUT2D eigenvalue weighted by atomic mass is 10.1. The Morgan fingerprint density at radius 3 is 1.56 bits per heavy atom. The first-order chi connectivity index (χ1) is 7.77. The second-order valence-corrected chi connectivity index (χ2v) is 5.26. The molecule has 0 bridgehead atoms. The Bertz CT molecular complexity index is 162. The lowest BCUT2D eigenvalue weighted by molar-refractivity contribution is 0.180. The van der Waals surface area contributed by atoms with E-state index in [9.17, 15) is 0 Å². The number of hydrogen-bond donors (Lipinski definition) is 2. The van der Waals surface area contributed by atoms with E-state index in [1.54, 1.807) is 0 Å². The minimum absolute atomic E-state index is 0.199. The molecule has 1 aliphatic rings. The van der Waals surface area contributed by atoms with Crippen LogP contribution in [0.25, 0.3) is 0 Å². The van der Waals surface area contributed by atoms with Crippen LogP contribution in [0.2, 0.25) is 0 Å². The van der Waals surface area contributed by atoms with Crippen LogP contribution in [-0.2, 0) is 0 Å². The summed E-state index contributed by atoms with van der Waals surface area (Å²) in [5.74, 6) is 0.199. The van der Waals surface area contributed by atoms with Gasteiger partial charge >= 0.3 is 0 Å². The molecule has 1 saturated carbocycles. The Kier molecular flexibility index (Phi) is 7.06. The van der Waals surface area contributed by atoms with E-state index in [4.69, 9.17) is 10.2 Å². The molecule has 0 heterocycles. The molecule has 1 rings (SSSR count). The van der Waals surface area contributed by atoms with Gasteiger partial charge in [-0.1, -0.05) is 64.7 Å². The van der Waals surface area contributed by atoms with Crippen LogP contribution in [0.4, 0.5) is 0 Å². The second kappa shape index (κ2) is 8.08. The summed E-state index contributed by atoms with van der Waals surface area (Å²) in [6.45, 7) is 2.25. The van der Waals surface area contributed by atoms with Crippen molar-refractivity contribution in [2.45, 2.75) is 83.3 Å². The third-order valence-corrected chi connectivity index (χ3v) is 3.73. The number of rotatable bonds is 10. The van der Waals surface area contributed by atoms with E-state index in [-0.39, 0.29) is 5.92 Å². The van der Waals surface area contributed by atoms with Gasteiger partial charge in [-0.3, -0.25) is 0 Å². The molecule has 2 N–H and O–H groups in total. The van der Waals surface area contributed by atoms with Crippen LogP contribution in [0.3, 0.4) is 0 Å². The van der Waals surface area contributed by atoms with Gasteiger partial charge < -0.3 is 10.2 Å². The molecular formula is C14H28O2. The van der Waals surface area contributed by atoms with Crippen LogP contribution < -0.4 is 0 Å². The first-order valence-corrected chi connectivity index (χ1v) is 7.13. The molecule has 2 atom stereocenters. The van der Waals surface area contributed by atoms with Gasteiger partial charge in [0, 0.05) is 5.92 Å². The fourth-order valence-electron chi connectivity index (χ4n) is 2.37. The molecule has 1 aliphatic carbocycles. The Morgan fingerprint density at radius 1 is 0.688 bits per heavy atom. The van der Waals surface area contributed by atoms with Gasteiger partial charge in [0.15, 0.2) is 0 Å². The summed E-state index contributed by atoms with van der Waals surface area (Å²) in [6, 6.07) is 0. The van der Waals surface area contributed by atoms with Crippen molar-refractivity contribution in [1.29, 1.82) is 0 Å². The Morgan fingerprint density at radius 2 is 1.12 bits per heavy atom. The molecule has 2 nitrogen and oxygen atoms in total. The van der Waals surface area contributed by atoms with E-state index >= 15 is 0 Å². The maximum atomic E-state index is 9.17. The van der Waals surface area contributed by atoms with Gasteiger partial charge in [0.2, 0.25) is 0 Å². The van der Waals surface area contributed by atoms with Gasteiger partial charge in [0.25, 0.3) is 0 Å². The number of hydrogen-bond acceptors (Lipinski definition) is 2. The highest BCUT2D eigenvalue weighted by atomic mass is 16.4. The number of aliphatic hydroxyl groups excluding tert-OH is 2. The highest BCUT2D eigenvalue weighted by molar-refractivity contribution is 4.97. The zero-order valence-electron chi connectivity index (χ0n) is 10.7. The minimum atomic E-state index is -0.408. The predicted octanol–water partition coefficient (Wildman–Crippen LogP) is 3.26. The van der Waals surface area contributed by atoms with E-state index in [0.29, 0.717) is 0 Å². The zero-order chi connectivity index (χ0) is 11.8.